The summed E-state index contributed by atoms with van der Waals surface area (Å²) in [4.78, 5) is 55.4. The van der Waals surface area contributed by atoms with Crippen molar-refractivity contribution in [1.29, 1.82) is 0 Å². The van der Waals surface area contributed by atoms with Gasteiger partial charge in [0, 0.05) is 38.1 Å². The van der Waals surface area contributed by atoms with E-state index in [1.807, 2.05) is 0 Å². The Morgan fingerprint density at radius 2 is 1.82 bits per heavy atom. The predicted octanol–water partition coefficient (Wildman–Crippen LogP) is 2.65. The van der Waals surface area contributed by atoms with E-state index in [2.05, 4.69) is 33.1 Å². The lowest BCUT2D eigenvalue weighted by Gasteiger charge is -2.16. The summed E-state index contributed by atoms with van der Waals surface area (Å²) < 4.78 is 2.44. The highest BCUT2D eigenvalue weighted by Crippen LogP contribution is 2.21. The van der Waals surface area contributed by atoms with E-state index in [1.54, 1.807) is 31.3 Å². The lowest BCUT2D eigenvalue weighted by Crippen LogP contribution is -2.39. The number of fused-ring (bicyclic) bond motifs is 1. The number of nitrogens with zero attached hydrogens (tertiary/aromatic N) is 6. The Kier molecular flexibility index (Phi) is 6.24. The molecule has 0 saturated heterocycles. The molecule has 4 aromatic rings. The molecular formula is C23H20ClN7O3. The highest BCUT2D eigenvalue weighted by Gasteiger charge is 2.18. The molecule has 4 heterocycles. The molecule has 11 heteroatoms. The summed E-state index contributed by atoms with van der Waals surface area (Å²) in [7, 11) is 1.59. The molecule has 0 bridgehead atoms. The number of aromatic nitrogens is 6. The molecule has 34 heavy (non-hydrogen) atoms. The van der Waals surface area contributed by atoms with Gasteiger partial charge in [-0.2, -0.15) is 0 Å². The first-order chi connectivity index (χ1) is 16.3. The van der Waals surface area contributed by atoms with Gasteiger partial charge < -0.3 is 4.98 Å². The zero-order valence-corrected chi connectivity index (χ0v) is 19.0. The Bertz CT molecular complexity index is 1520. The van der Waals surface area contributed by atoms with Crippen LogP contribution in [0.1, 0.15) is 10.4 Å². The summed E-state index contributed by atoms with van der Waals surface area (Å²) in [6.45, 7) is 7.53. The summed E-state index contributed by atoms with van der Waals surface area (Å²) in [6.07, 6.45) is 5.95. The quantitative estimate of drug-likeness (QED) is 0.323. The molecule has 10 nitrogen and oxygen atoms in total. The fourth-order valence-corrected chi connectivity index (χ4v) is 3.52. The van der Waals surface area contributed by atoms with Crippen LogP contribution < -0.4 is 16.1 Å². The van der Waals surface area contributed by atoms with E-state index in [0.29, 0.717) is 27.9 Å². The molecule has 0 aliphatic carbocycles. The van der Waals surface area contributed by atoms with Crippen LogP contribution in [0.15, 0.2) is 71.6 Å². The van der Waals surface area contributed by atoms with Crippen LogP contribution in [-0.4, -0.2) is 42.0 Å². The van der Waals surface area contributed by atoms with Gasteiger partial charge in [0.2, 0.25) is 0 Å². The van der Waals surface area contributed by atoms with Crippen LogP contribution in [0.25, 0.3) is 22.6 Å². The van der Waals surface area contributed by atoms with Gasteiger partial charge in [-0.15, -0.1) is 13.2 Å². The number of allylic oxidation sites excluding steroid dienone is 2. The third-order valence-electron chi connectivity index (χ3n) is 5.13. The van der Waals surface area contributed by atoms with Gasteiger partial charge >= 0.3 is 5.69 Å². The third-order valence-corrected chi connectivity index (χ3v) is 5.35. The largest absolute Gasteiger partial charge is 0.333 e. The van der Waals surface area contributed by atoms with Crippen LogP contribution in [0.4, 0.5) is 5.82 Å². The number of aromatic amines is 1. The first kappa shape index (κ1) is 22.9. The van der Waals surface area contributed by atoms with Crippen molar-refractivity contribution in [3.8, 4) is 11.4 Å². The number of carbonyl (C=O) groups is 1. The van der Waals surface area contributed by atoms with Gasteiger partial charge in [0.15, 0.2) is 5.65 Å². The van der Waals surface area contributed by atoms with Crippen molar-refractivity contribution in [3.05, 3.63) is 93.5 Å². The summed E-state index contributed by atoms with van der Waals surface area (Å²) in [6, 6.07) is 6.48. The Balaban J connectivity index is 1.71. The van der Waals surface area contributed by atoms with Gasteiger partial charge in [0.25, 0.3) is 11.5 Å². The van der Waals surface area contributed by atoms with E-state index in [0.717, 1.165) is 4.57 Å². The molecule has 0 spiro atoms. The van der Waals surface area contributed by atoms with Crippen LogP contribution in [0.5, 0.6) is 0 Å². The van der Waals surface area contributed by atoms with Crippen molar-refractivity contribution >= 4 is 34.5 Å². The average molecular weight is 478 g/mol. The predicted molar refractivity (Wildman–Crippen MR) is 130 cm³/mol. The van der Waals surface area contributed by atoms with E-state index < -0.39 is 11.2 Å². The molecule has 0 aliphatic heterocycles. The van der Waals surface area contributed by atoms with Crippen molar-refractivity contribution in [2.75, 3.05) is 11.9 Å². The number of imidazole rings is 1. The van der Waals surface area contributed by atoms with E-state index in [9.17, 15) is 14.4 Å². The Morgan fingerprint density at radius 1 is 1.09 bits per heavy atom. The highest BCUT2D eigenvalue weighted by atomic mass is 35.5. The maximum absolute atomic E-state index is 12.8. The second kappa shape index (κ2) is 9.28. The van der Waals surface area contributed by atoms with Gasteiger partial charge in [-0.3, -0.25) is 23.6 Å². The minimum absolute atomic E-state index is 0.0683. The van der Waals surface area contributed by atoms with Crippen LogP contribution in [0.2, 0.25) is 5.15 Å². The van der Waals surface area contributed by atoms with Crippen molar-refractivity contribution in [3.63, 3.8) is 0 Å². The highest BCUT2D eigenvalue weighted by molar-refractivity contribution is 6.29. The SMILES string of the molecule is C=CCn1c(=O)c2[nH]c(-c3ccc(N(C)C(=O)c4ccc(Cl)nc4)nc3)nc2n(CC=C)c1=O. The summed E-state index contributed by atoms with van der Waals surface area (Å²) >= 11 is 5.78. The zero-order chi connectivity index (χ0) is 24.4. The molecule has 0 saturated carbocycles. The first-order valence-corrected chi connectivity index (χ1v) is 10.5. The molecule has 1 amide bonds. The minimum Gasteiger partial charge on any atom is -0.332 e. The van der Waals surface area contributed by atoms with Crippen LogP contribution in [0, 0.1) is 0 Å². The molecular weight excluding hydrogens is 458 g/mol. The second-order valence-corrected chi connectivity index (χ2v) is 7.70. The van der Waals surface area contributed by atoms with Crippen molar-refractivity contribution in [1.82, 2.24) is 29.1 Å². The van der Waals surface area contributed by atoms with Gasteiger partial charge in [0.05, 0.1) is 5.56 Å². The van der Waals surface area contributed by atoms with Crippen LogP contribution in [0.3, 0.4) is 0 Å². The van der Waals surface area contributed by atoms with Crippen molar-refractivity contribution in [2.45, 2.75) is 13.1 Å². The van der Waals surface area contributed by atoms with Gasteiger partial charge in [-0.1, -0.05) is 23.8 Å². The Hall–Kier alpha value is -4.31. The fraction of sp³-hybridized carbons (Fsp3) is 0.130. The number of halogens is 1. The topological polar surface area (TPSA) is 119 Å². The molecule has 0 atom stereocenters. The van der Waals surface area contributed by atoms with Gasteiger partial charge in [-0.25, -0.2) is 19.7 Å². The number of hydrogen-bond donors (Lipinski definition) is 1. The number of nitrogens with one attached hydrogen (secondary N) is 1. The zero-order valence-electron chi connectivity index (χ0n) is 18.2. The van der Waals surface area contributed by atoms with Crippen LogP contribution in [-0.2, 0) is 13.1 Å². The second-order valence-electron chi connectivity index (χ2n) is 7.31. The molecule has 0 unspecified atom stereocenters. The molecule has 0 radical (unpaired) electrons. The van der Waals surface area contributed by atoms with E-state index in [1.165, 1.54) is 34.0 Å². The number of hydrogen-bond acceptors (Lipinski definition) is 6. The van der Waals surface area contributed by atoms with Crippen molar-refractivity contribution in [2.24, 2.45) is 0 Å². The minimum atomic E-state index is -0.499. The standard InChI is InChI=1S/C23H20ClN7O3/c1-4-10-30-20-18(22(33)31(11-5-2)23(30)34)27-19(28-20)14-7-9-17(26-12-14)29(3)21(32)15-6-8-16(24)25-13-15/h4-9,12-13H,1-2,10-11H2,3H3,(H,27,28). The molecule has 1 N–H and O–H groups in total. The molecule has 4 aromatic heterocycles. The van der Waals surface area contributed by atoms with E-state index in [-0.39, 0.29) is 30.2 Å². The van der Waals surface area contributed by atoms with Crippen LogP contribution >= 0.6 is 11.6 Å². The normalized spacial score (nSPS) is 10.9. The number of anilines is 1. The van der Waals surface area contributed by atoms with Crippen molar-refractivity contribution < 1.29 is 4.79 Å². The average Bonchev–Trinajstić information content (AvgIpc) is 3.30. The van der Waals surface area contributed by atoms with Gasteiger partial charge in [0.1, 0.15) is 22.3 Å². The van der Waals surface area contributed by atoms with E-state index in [4.69, 9.17) is 11.6 Å². The summed E-state index contributed by atoms with van der Waals surface area (Å²) in [5.41, 5.74) is 0.347. The third kappa shape index (κ3) is 4.06. The Morgan fingerprint density at radius 3 is 2.44 bits per heavy atom. The molecule has 0 aromatic carbocycles. The number of rotatable bonds is 7. The monoisotopic (exact) mass is 477 g/mol. The first-order valence-electron chi connectivity index (χ1n) is 10.2. The molecule has 0 aliphatic rings. The van der Waals surface area contributed by atoms with Gasteiger partial charge in [-0.05, 0) is 24.3 Å². The molecule has 4 rings (SSSR count). The Labute approximate surface area is 198 Å². The number of amides is 1. The smallest absolute Gasteiger partial charge is 0.332 e. The lowest BCUT2D eigenvalue weighted by molar-refractivity contribution is 0.0992. The molecule has 172 valence electrons. The summed E-state index contributed by atoms with van der Waals surface area (Å²) in [5.74, 6) is 0.455. The number of pyridine rings is 2. The maximum atomic E-state index is 12.8. The van der Waals surface area contributed by atoms with E-state index >= 15 is 0 Å². The fourth-order valence-electron chi connectivity index (χ4n) is 3.41. The summed E-state index contributed by atoms with van der Waals surface area (Å²) in [5, 5.41) is 0.294. The number of H-pyrrole nitrogens is 1. The number of carbonyl (C=O) groups excluding carboxylic acids is 1. The lowest BCUT2D eigenvalue weighted by atomic mass is 10.2. The maximum Gasteiger partial charge on any atom is 0.333 e. The molecule has 0 fully saturated rings.